The number of sulfonamides is 1. The van der Waals surface area contributed by atoms with Crippen molar-refractivity contribution < 1.29 is 23.4 Å². The van der Waals surface area contributed by atoms with E-state index in [0.29, 0.717) is 23.7 Å². The van der Waals surface area contributed by atoms with Gasteiger partial charge in [0.15, 0.2) is 0 Å². The maximum Gasteiger partial charge on any atom is 0.229 e. The van der Waals surface area contributed by atoms with Crippen molar-refractivity contribution in [1.82, 2.24) is 10.3 Å². The average molecular weight is 490 g/mol. The Labute approximate surface area is 196 Å². The van der Waals surface area contributed by atoms with Crippen LogP contribution in [0.25, 0.3) is 21.8 Å². The number of aliphatic hydroxyl groups is 1. The molecular formula is C23H24ClN3O5S. The van der Waals surface area contributed by atoms with Gasteiger partial charge in [-0.3, -0.25) is 4.72 Å². The van der Waals surface area contributed by atoms with Gasteiger partial charge in [-0.2, -0.15) is 0 Å². The molecule has 0 bridgehead atoms. The number of aromatic hydroxyl groups is 1. The molecule has 10 heteroatoms. The molecule has 0 amide bonds. The molecule has 4 aromatic rings. The van der Waals surface area contributed by atoms with Crippen LogP contribution in [0, 0.1) is 0 Å². The molecule has 33 heavy (non-hydrogen) atoms. The van der Waals surface area contributed by atoms with Crippen LogP contribution in [0.4, 0.5) is 5.69 Å². The molecule has 1 heterocycles. The number of nitrogens with one attached hydrogen (secondary N) is 3. The number of anilines is 1. The van der Waals surface area contributed by atoms with E-state index in [1.165, 1.54) is 18.2 Å². The van der Waals surface area contributed by atoms with Gasteiger partial charge in [-0.15, -0.1) is 0 Å². The van der Waals surface area contributed by atoms with Gasteiger partial charge in [-0.1, -0.05) is 23.7 Å². The lowest BCUT2D eigenvalue weighted by Gasteiger charge is -2.15. The number of benzene rings is 3. The minimum absolute atomic E-state index is 0.0204. The Morgan fingerprint density at radius 1 is 1.06 bits per heavy atom. The van der Waals surface area contributed by atoms with Crippen molar-refractivity contribution in [1.29, 1.82) is 0 Å². The second-order valence-corrected chi connectivity index (χ2v) is 9.93. The zero-order valence-corrected chi connectivity index (χ0v) is 19.4. The van der Waals surface area contributed by atoms with Crippen molar-refractivity contribution in [3.8, 4) is 11.5 Å². The maximum absolute atomic E-state index is 11.4. The van der Waals surface area contributed by atoms with Gasteiger partial charge >= 0.3 is 0 Å². The molecule has 4 rings (SSSR count). The molecule has 0 fully saturated rings. The van der Waals surface area contributed by atoms with Crippen LogP contribution >= 0.6 is 11.6 Å². The third-order valence-corrected chi connectivity index (χ3v) is 5.94. The van der Waals surface area contributed by atoms with Gasteiger partial charge in [-0.25, -0.2) is 8.42 Å². The van der Waals surface area contributed by atoms with Gasteiger partial charge in [0.2, 0.25) is 10.0 Å². The summed E-state index contributed by atoms with van der Waals surface area (Å²) in [6, 6.07) is 15.9. The van der Waals surface area contributed by atoms with Gasteiger partial charge in [0, 0.05) is 40.5 Å². The first-order valence-electron chi connectivity index (χ1n) is 10.2. The number of halogens is 1. The largest absolute Gasteiger partial charge is 0.506 e. The van der Waals surface area contributed by atoms with E-state index in [2.05, 4.69) is 15.0 Å². The van der Waals surface area contributed by atoms with Gasteiger partial charge < -0.3 is 25.3 Å². The van der Waals surface area contributed by atoms with Gasteiger partial charge in [0.1, 0.15) is 18.1 Å². The van der Waals surface area contributed by atoms with E-state index in [0.717, 1.165) is 33.8 Å². The molecule has 174 valence electrons. The SMILES string of the molecule is CS(=O)(=O)Nc1cc(C(O)CNCCOc2ccc3c(c2)[nH]c2cc(Cl)ccc23)ccc1O. The van der Waals surface area contributed by atoms with E-state index in [-0.39, 0.29) is 18.0 Å². The summed E-state index contributed by atoms with van der Waals surface area (Å²) in [4.78, 5) is 3.34. The highest BCUT2D eigenvalue weighted by molar-refractivity contribution is 7.92. The van der Waals surface area contributed by atoms with E-state index in [1.807, 2.05) is 36.4 Å². The Hall–Kier alpha value is -2.98. The van der Waals surface area contributed by atoms with Crippen LogP contribution in [0.5, 0.6) is 11.5 Å². The van der Waals surface area contributed by atoms with Crippen LogP contribution in [0.2, 0.25) is 5.02 Å². The number of aromatic amines is 1. The molecule has 0 aliphatic carbocycles. The standard InChI is InChI=1S/C23H24ClN3O5S/c1-33(30,31)27-21-10-14(2-7-22(21)28)23(29)13-25-8-9-32-16-4-6-18-17-5-3-15(24)11-19(17)26-20(18)12-16/h2-7,10-12,23,25-29H,8-9,13H2,1H3. The fraction of sp³-hybridized carbons (Fsp3) is 0.217. The molecule has 1 atom stereocenters. The van der Waals surface area contributed by atoms with Crippen molar-refractivity contribution >= 4 is 49.1 Å². The molecular weight excluding hydrogens is 466 g/mol. The Morgan fingerprint density at radius 2 is 1.79 bits per heavy atom. The number of ether oxygens (including phenoxy) is 1. The molecule has 1 aromatic heterocycles. The first-order chi connectivity index (χ1) is 15.7. The van der Waals surface area contributed by atoms with Crippen molar-refractivity contribution in [2.24, 2.45) is 0 Å². The predicted molar refractivity (Wildman–Crippen MR) is 131 cm³/mol. The van der Waals surface area contributed by atoms with E-state index in [9.17, 15) is 18.6 Å². The van der Waals surface area contributed by atoms with Crippen LogP contribution in [-0.2, 0) is 10.0 Å². The number of hydrogen-bond acceptors (Lipinski definition) is 6. The summed E-state index contributed by atoms with van der Waals surface area (Å²) < 4.78 is 30.9. The minimum atomic E-state index is -3.55. The molecule has 1 unspecified atom stereocenters. The molecule has 0 saturated heterocycles. The second kappa shape index (κ2) is 9.48. The number of aromatic nitrogens is 1. The first-order valence-corrected chi connectivity index (χ1v) is 12.5. The summed E-state index contributed by atoms with van der Waals surface area (Å²) in [5, 5.41) is 26.2. The lowest BCUT2D eigenvalue weighted by molar-refractivity contribution is 0.172. The number of fused-ring (bicyclic) bond motifs is 3. The monoisotopic (exact) mass is 489 g/mol. The van der Waals surface area contributed by atoms with Crippen molar-refractivity contribution in [3.63, 3.8) is 0 Å². The van der Waals surface area contributed by atoms with Crippen molar-refractivity contribution in [2.75, 3.05) is 30.7 Å². The summed E-state index contributed by atoms with van der Waals surface area (Å²) in [6.07, 6.45) is 0.100. The molecule has 0 aliphatic heterocycles. The first kappa shape index (κ1) is 23.2. The third-order valence-electron chi connectivity index (χ3n) is 5.12. The molecule has 0 aliphatic rings. The van der Waals surface area contributed by atoms with Gasteiger partial charge in [0.25, 0.3) is 0 Å². The number of H-pyrrole nitrogens is 1. The summed E-state index contributed by atoms with van der Waals surface area (Å²) in [7, 11) is -3.55. The Morgan fingerprint density at radius 3 is 2.55 bits per heavy atom. The van der Waals surface area contributed by atoms with Crippen LogP contribution in [0.1, 0.15) is 11.7 Å². The van der Waals surface area contributed by atoms with Crippen LogP contribution in [0.3, 0.4) is 0 Å². The number of phenolic OH excluding ortho intramolecular Hbond substituents is 1. The quantitative estimate of drug-likeness (QED) is 0.180. The fourth-order valence-corrected chi connectivity index (χ4v) is 4.33. The smallest absolute Gasteiger partial charge is 0.229 e. The number of rotatable bonds is 9. The summed E-state index contributed by atoms with van der Waals surface area (Å²) in [5.41, 5.74) is 2.41. The van der Waals surface area contributed by atoms with Crippen LogP contribution in [-0.4, -0.2) is 49.6 Å². The second-order valence-electron chi connectivity index (χ2n) is 7.74. The van der Waals surface area contributed by atoms with Crippen molar-refractivity contribution in [2.45, 2.75) is 6.10 Å². The summed E-state index contributed by atoms with van der Waals surface area (Å²) >= 11 is 6.07. The lowest BCUT2D eigenvalue weighted by Crippen LogP contribution is -2.26. The Kier molecular flexibility index (Phi) is 6.66. The van der Waals surface area contributed by atoms with Gasteiger partial charge in [-0.05, 0) is 42.0 Å². The van der Waals surface area contributed by atoms with E-state index < -0.39 is 16.1 Å². The van der Waals surface area contributed by atoms with E-state index in [4.69, 9.17) is 16.3 Å². The van der Waals surface area contributed by atoms with Crippen LogP contribution < -0.4 is 14.8 Å². The summed E-state index contributed by atoms with van der Waals surface area (Å²) in [5.74, 6) is 0.505. The topological polar surface area (TPSA) is 124 Å². The maximum atomic E-state index is 11.4. The molecule has 8 nitrogen and oxygen atoms in total. The number of aliphatic hydroxyl groups excluding tert-OH is 1. The molecule has 3 aromatic carbocycles. The van der Waals surface area contributed by atoms with Crippen molar-refractivity contribution in [3.05, 3.63) is 65.2 Å². The highest BCUT2D eigenvalue weighted by atomic mass is 35.5. The zero-order valence-electron chi connectivity index (χ0n) is 17.8. The minimum Gasteiger partial charge on any atom is -0.506 e. The number of phenols is 1. The highest BCUT2D eigenvalue weighted by Crippen LogP contribution is 2.30. The molecule has 0 radical (unpaired) electrons. The predicted octanol–water partition coefficient (Wildman–Crippen LogP) is 3.75. The molecule has 0 spiro atoms. The lowest BCUT2D eigenvalue weighted by atomic mass is 10.1. The Bertz CT molecular complexity index is 1400. The average Bonchev–Trinajstić information content (AvgIpc) is 3.10. The van der Waals surface area contributed by atoms with Crippen LogP contribution in [0.15, 0.2) is 54.6 Å². The normalized spacial score (nSPS) is 12.8. The summed E-state index contributed by atoms with van der Waals surface area (Å²) in [6.45, 7) is 1.11. The van der Waals surface area contributed by atoms with E-state index >= 15 is 0 Å². The Balaban J connectivity index is 1.30. The van der Waals surface area contributed by atoms with Gasteiger partial charge in [0.05, 0.1) is 23.6 Å². The zero-order chi connectivity index (χ0) is 23.6. The third kappa shape index (κ3) is 5.69. The molecule has 0 saturated carbocycles. The van der Waals surface area contributed by atoms with E-state index in [1.54, 1.807) is 0 Å². The highest BCUT2D eigenvalue weighted by Gasteiger charge is 2.13. The molecule has 5 N–H and O–H groups in total. The number of hydrogen-bond donors (Lipinski definition) is 5. The fourth-order valence-electron chi connectivity index (χ4n) is 3.59.